The predicted molar refractivity (Wildman–Crippen MR) is 47.3 cm³/mol. The highest BCUT2D eigenvalue weighted by atomic mass is 16.4. The average molecular weight is 173 g/mol. The van der Waals surface area contributed by atoms with Crippen molar-refractivity contribution in [2.75, 3.05) is 0 Å². The minimum absolute atomic E-state index is 0.232. The van der Waals surface area contributed by atoms with Gasteiger partial charge in [-0.1, -0.05) is 19.8 Å². The zero-order valence-electron chi connectivity index (χ0n) is 7.58. The van der Waals surface area contributed by atoms with E-state index in [1.165, 1.54) is 6.92 Å². The summed E-state index contributed by atoms with van der Waals surface area (Å²) in [5.41, 5.74) is 0. The minimum atomic E-state index is -1.46. The van der Waals surface area contributed by atoms with Gasteiger partial charge in [0, 0.05) is 6.92 Å². The SMILES string of the molecule is CCCCC(NC(C)=O)B(O)O. The molecule has 0 saturated carbocycles. The van der Waals surface area contributed by atoms with Crippen molar-refractivity contribution in [1.29, 1.82) is 0 Å². The summed E-state index contributed by atoms with van der Waals surface area (Å²) in [6.07, 6.45) is 2.46. The molecule has 0 spiro atoms. The van der Waals surface area contributed by atoms with Gasteiger partial charge in [-0.2, -0.15) is 0 Å². The lowest BCUT2D eigenvalue weighted by Gasteiger charge is -2.15. The molecule has 1 atom stereocenters. The molecule has 0 heterocycles. The van der Waals surface area contributed by atoms with E-state index >= 15 is 0 Å². The molecule has 0 radical (unpaired) electrons. The van der Waals surface area contributed by atoms with E-state index in [2.05, 4.69) is 5.32 Å². The lowest BCUT2D eigenvalue weighted by molar-refractivity contribution is -0.119. The van der Waals surface area contributed by atoms with Gasteiger partial charge in [-0.3, -0.25) is 4.79 Å². The van der Waals surface area contributed by atoms with Gasteiger partial charge in [-0.25, -0.2) is 0 Å². The van der Waals surface area contributed by atoms with Crippen molar-refractivity contribution in [2.24, 2.45) is 0 Å². The third kappa shape index (κ3) is 5.15. The van der Waals surface area contributed by atoms with Crippen LogP contribution in [0.1, 0.15) is 33.1 Å². The summed E-state index contributed by atoms with van der Waals surface area (Å²) in [7, 11) is -1.46. The van der Waals surface area contributed by atoms with Gasteiger partial charge in [-0.15, -0.1) is 0 Å². The van der Waals surface area contributed by atoms with Gasteiger partial charge in [0.05, 0.1) is 5.94 Å². The molecule has 0 bridgehead atoms. The summed E-state index contributed by atoms with van der Waals surface area (Å²) in [4.78, 5) is 10.6. The number of rotatable bonds is 5. The number of hydrogen-bond donors (Lipinski definition) is 3. The van der Waals surface area contributed by atoms with Crippen molar-refractivity contribution >= 4 is 13.0 Å². The van der Waals surface area contributed by atoms with E-state index in [9.17, 15) is 4.79 Å². The summed E-state index contributed by atoms with van der Waals surface area (Å²) >= 11 is 0. The molecule has 0 aliphatic carbocycles. The number of unbranched alkanes of at least 4 members (excludes halogenated alkanes) is 1. The number of hydrogen-bond acceptors (Lipinski definition) is 3. The van der Waals surface area contributed by atoms with E-state index in [0.717, 1.165) is 12.8 Å². The van der Waals surface area contributed by atoms with E-state index in [4.69, 9.17) is 10.0 Å². The van der Waals surface area contributed by atoms with Gasteiger partial charge >= 0.3 is 7.12 Å². The van der Waals surface area contributed by atoms with Gasteiger partial charge < -0.3 is 15.4 Å². The first-order valence-corrected chi connectivity index (χ1v) is 4.21. The Morgan fingerprint density at radius 2 is 2.17 bits per heavy atom. The summed E-state index contributed by atoms with van der Waals surface area (Å²) < 4.78 is 0. The molecular formula is C7H16BNO3. The third-order valence-electron chi connectivity index (χ3n) is 1.62. The van der Waals surface area contributed by atoms with E-state index in [1.54, 1.807) is 0 Å². The Balaban J connectivity index is 3.78. The van der Waals surface area contributed by atoms with Crippen LogP contribution < -0.4 is 5.32 Å². The molecule has 12 heavy (non-hydrogen) atoms. The van der Waals surface area contributed by atoms with Gasteiger partial charge in [-0.05, 0) is 6.42 Å². The zero-order chi connectivity index (χ0) is 9.56. The van der Waals surface area contributed by atoms with Crippen molar-refractivity contribution in [3.8, 4) is 0 Å². The molecule has 4 nitrogen and oxygen atoms in total. The minimum Gasteiger partial charge on any atom is -0.426 e. The second kappa shape index (κ2) is 6.02. The van der Waals surface area contributed by atoms with Crippen molar-refractivity contribution in [3.63, 3.8) is 0 Å². The monoisotopic (exact) mass is 173 g/mol. The van der Waals surface area contributed by atoms with Crippen LogP contribution in [-0.4, -0.2) is 29.0 Å². The Morgan fingerprint density at radius 3 is 2.50 bits per heavy atom. The maximum Gasteiger partial charge on any atom is 0.475 e. The van der Waals surface area contributed by atoms with Crippen molar-refractivity contribution in [3.05, 3.63) is 0 Å². The van der Waals surface area contributed by atoms with E-state index < -0.39 is 13.1 Å². The molecular weight excluding hydrogens is 157 g/mol. The first-order chi connectivity index (χ1) is 5.57. The molecule has 5 heteroatoms. The molecule has 0 aromatic carbocycles. The van der Waals surface area contributed by atoms with E-state index in [-0.39, 0.29) is 5.91 Å². The molecule has 0 rings (SSSR count). The molecule has 0 fully saturated rings. The largest absolute Gasteiger partial charge is 0.475 e. The highest BCUT2D eigenvalue weighted by Gasteiger charge is 2.22. The average Bonchev–Trinajstić information content (AvgIpc) is 1.96. The van der Waals surface area contributed by atoms with Gasteiger partial charge in [0.15, 0.2) is 0 Å². The molecule has 3 N–H and O–H groups in total. The van der Waals surface area contributed by atoms with Gasteiger partial charge in [0.25, 0.3) is 0 Å². The molecule has 0 aromatic rings. The van der Waals surface area contributed by atoms with E-state index in [1.807, 2.05) is 6.92 Å². The molecule has 0 aromatic heterocycles. The van der Waals surface area contributed by atoms with Crippen LogP contribution in [0.3, 0.4) is 0 Å². The van der Waals surface area contributed by atoms with Crippen LogP contribution in [0.15, 0.2) is 0 Å². The molecule has 1 amide bonds. The Hall–Kier alpha value is -0.545. The molecule has 0 aliphatic rings. The third-order valence-corrected chi connectivity index (χ3v) is 1.62. The maximum atomic E-state index is 10.6. The summed E-state index contributed by atoms with van der Waals surface area (Å²) in [6.45, 7) is 3.37. The standard InChI is InChI=1S/C7H16BNO3/c1-3-4-5-7(8(11)12)9-6(2)10/h7,11-12H,3-5H2,1-2H3,(H,9,10). The zero-order valence-corrected chi connectivity index (χ0v) is 7.58. The van der Waals surface area contributed by atoms with Crippen LogP contribution >= 0.6 is 0 Å². The quantitative estimate of drug-likeness (QED) is 0.499. The topological polar surface area (TPSA) is 69.6 Å². The van der Waals surface area contributed by atoms with Crippen LogP contribution in [0.2, 0.25) is 0 Å². The van der Waals surface area contributed by atoms with Crippen molar-refractivity contribution in [2.45, 2.75) is 39.1 Å². The van der Waals surface area contributed by atoms with Crippen molar-refractivity contribution < 1.29 is 14.8 Å². The summed E-state index contributed by atoms with van der Waals surface area (Å²) in [5.74, 6) is -0.758. The van der Waals surface area contributed by atoms with Crippen LogP contribution in [0.5, 0.6) is 0 Å². The van der Waals surface area contributed by atoms with Crippen LogP contribution in [-0.2, 0) is 4.79 Å². The molecule has 70 valence electrons. The normalized spacial score (nSPS) is 12.3. The lowest BCUT2D eigenvalue weighted by Crippen LogP contribution is -2.45. The highest BCUT2D eigenvalue weighted by molar-refractivity contribution is 6.43. The fourth-order valence-electron chi connectivity index (χ4n) is 0.981. The van der Waals surface area contributed by atoms with Gasteiger partial charge in [0.2, 0.25) is 5.91 Å². The number of amides is 1. The Labute approximate surface area is 73.1 Å². The second-order valence-electron chi connectivity index (χ2n) is 2.86. The van der Waals surface area contributed by atoms with Crippen LogP contribution in [0, 0.1) is 0 Å². The molecule has 1 unspecified atom stereocenters. The smallest absolute Gasteiger partial charge is 0.426 e. The second-order valence-corrected chi connectivity index (χ2v) is 2.86. The summed E-state index contributed by atoms with van der Waals surface area (Å²) in [6, 6.07) is 0. The maximum absolute atomic E-state index is 10.6. The Kier molecular flexibility index (Phi) is 5.75. The van der Waals surface area contributed by atoms with Crippen LogP contribution in [0.25, 0.3) is 0 Å². The number of carbonyl (C=O) groups is 1. The number of nitrogens with one attached hydrogen (secondary N) is 1. The highest BCUT2D eigenvalue weighted by Crippen LogP contribution is 2.01. The van der Waals surface area contributed by atoms with Gasteiger partial charge in [0.1, 0.15) is 0 Å². The Morgan fingerprint density at radius 1 is 1.58 bits per heavy atom. The summed E-state index contributed by atoms with van der Waals surface area (Å²) in [5, 5.41) is 20.1. The fourth-order valence-corrected chi connectivity index (χ4v) is 0.981. The first kappa shape index (κ1) is 11.5. The van der Waals surface area contributed by atoms with Crippen LogP contribution in [0.4, 0.5) is 0 Å². The first-order valence-electron chi connectivity index (χ1n) is 4.21. The Bertz CT molecular complexity index is 141. The fraction of sp³-hybridized carbons (Fsp3) is 0.857. The lowest BCUT2D eigenvalue weighted by atomic mass is 9.76. The predicted octanol–water partition coefficient (Wildman–Crippen LogP) is -0.307. The molecule has 0 saturated heterocycles. The van der Waals surface area contributed by atoms with Crippen molar-refractivity contribution in [1.82, 2.24) is 5.32 Å². The van der Waals surface area contributed by atoms with E-state index in [0.29, 0.717) is 6.42 Å². The molecule has 0 aliphatic heterocycles. The number of carbonyl (C=O) groups excluding carboxylic acids is 1.